The van der Waals surface area contributed by atoms with Crippen molar-refractivity contribution in [3.8, 4) is 0 Å². The number of esters is 1. The highest BCUT2D eigenvalue weighted by molar-refractivity contribution is 5.65. The number of carbonyl (C=O) groups is 1. The minimum atomic E-state index is -0.175. The van der Waals surface area contributed by atoms with Crippen LogP contribution in [0, 0.1) is 0 Å². The first-order chi connectivity index (χ1) is 5.79. The summed E-state index contributed by atoms with van der Waals surface area (Å²) in [6.07, 6.45) is 4.77. The van der Waals surface area contributed by atoms with Gasteiger partial charge in [-0.15, -0.1) is 0 Å². The van der Waals surface area contributed by atoms with Crippen molar-refractivity contribution in [1.82, 2.24) is 5.32 Å². The van der Waals surface area contributed by atoms with Gasteiger partial charge in [-0.2, -0.15) is 0 Å². The molecule has 1 fully saturated rings. The Labute approximate surface area is 73.5 Å². The SMILES string of the molecule is CC(=O)OCCC1CCCCN1. The molecule has 0 bridgehead atoms. The summed E-state index contributed by atoms with van der Waals surface area (Å²) < 4.78 is 4.87. The first kappa shape index (κ1) is 9.52. The number of nitrogens with one attached hydrogen (secondary N) is 1. The van der Waals surface area contributed by atoms with Gasteiger partial charge in [0.15, 0.2) is 0 Å². The quantitative estimate of drug-likeness (QED) is 0.646. The van der Waals surface area contributed by atoms with Crippen LogP contribution in [0.2, 0.25) is 0 Å². The summed E-state index contributed by atoms with van der Waals surface area (Å²) in [5.41, 5.74) is 0. The minimum Gasteiger partial charge on any atom is -0.466 e. The molecule has 1 N–H and O–H groups in total. The largest absolute Gasteiger partial charge is 0.466 e. The molecule has 1 aliphatic rings. The van der Waals surface area contributed by atoms with Gasteiger partial charge < -0.3 is 10.1 Å². The van der Waals surface area contributed by atoms with Crippen molar-refractivity contribution >= 4 is 5.97 Å². The first-order valence-corrected chi connectivity index (χ1v) is 4.66. The standard InChI is InChI=1S/C9H17NO2/c1-8(11)12-7-5-9-4-2-3-6-10-9/h9-10H,2-7H2,1H3. The predicted molar refractivity (Wildman–Crippen MR) is 46.9 cm³/mol. The lowest BCUT2D eigenvalue weighted by atomic mass is 10.0. The fourth-order valence-electron chi connectivity index (χ4n) is 1.52. The fraction of sp³-hybridized carbons (Fsp3) is 0.889. The van der Waals surface area contributed by atoms with Gasteiger partial charge in [0.25, 0.3) is 0 Å². The zero-order valence-electron chi connectivity index (χ0n) is 7.64. The second-order valence-corrected chi connectivity index (χ2v) is 3.28. The van der Waals surface area contributed by atoms with Crippen LogP contribution in [0.25, 0.3) is 0 Å². The van der Waals surface area contributed by atoms with Crippen molar-refractivity contribution in [3.05, 3.63) is 0 Å². The van der Waals surface area contributed by atoms with Crippen LogP contribution in [0.15, 0.2) is 0 Å². The molecule has 0 aliphatic carbocycles. The summed E-state index contributed by atoms with van der Waals surface area (Å²) in [4.78, 5) is 10.4. The van der Waals surface area contributed by atoms with E-state index in [0.29, 0.717) is 12.6 Å². The Morgan fingerprint density at radius 3 is 3.00 bits per heavy atom. The van der Waals surface area contributed by atoms with Crippen molar-refractivity contribution in [3.63, 3.8) is 0 Å². The molecule has 12 heavy (non-hydrogen) atoms. The molecule has 0 saturated carbocycles. The van der Waals surface area contributed by atoms with Gasteiger partial charge in [0.2, 0.25) is 0 Å². The summed E-state index contributed by atoms with van der Waals surface area (Å²) in [5.74, 6) is -0.175. The molecule has 1 saturated heterocycles. The third-order valence-corrected chi connectivity index (χ3v) is 2.18. The Bertz CT molecular complexity index is 141. The molecule has 1 unspecified atom stereocenters. The molecule has 0 aromatic rings. The molecule has 70 valence electrons. The molecule has 3 heteroatoms. The van der Waals surface area contributed by atoms with Crippen LogP contribution in [-0.2, 0) is 9.53 Å². The third-order valence-electron chi connectivity index (χ3n) is 2.18. The molecule has 0 radical (unpaired) electrons. The molecule has 0 spiro atoms. The van der Waals surface area contributed by atoms with Crippen molar-refractivity contribution in [2.45, 2.75) is 38.6 Å². The third kappa shape index (κ3) is 3.72. The predicted octanol–water partition coefficient (Wildman–Crippen LogP) is 1.08. The lowest BCUT2D eigenvalue weighted by Crippen LogP contribution is -2.34. The zero-order chi connectivity index (χ0) is 8.81. The van der Waals surface area contributed by atoms with Crippen molar-refractivity contribution < 1.29 is 9.53 Å². The Hall–Kier alpha value is -0.570. The van der Waals surface area contributed by atoms with E-state index in [1.54, 1.807) is 0 Å². The molecular formula is C9H17NO2. The average molecular weight is 171 g/mol. The van der Waals surface area contributed by atoms with E-state index in [-0.39, 0.29) is 5.97 Å². The number of hydrogen-bond acceptors (Lipinski definition) is 3. The molecule has 1 aliphatic heterocycles. The van der Waals surface area contributed by atoms with E-state index in [1.165, 1.54) is 26.2 Å². The van der Waals surface area contributed by atoms with Gasteiger partial charge in [0, 0.05) is 13.0 Å². The highest BCUT2D eigenvalue weighted by Gasteiger charge is 2.11. The van der Waals surface area contributed by atoms with Gasteiger partial charge in [0.1, 0.15) is 0 Å². The average Bonchev–Trinajstić information content (AvgIpc) is 2.05. The normalized spacial score (nSPS) is 23.6. The van der Waals surface area contributed by atoms with Gasteiger partial charge in [-0.05, 0) is 25.8 Å². The van der Waals surface area contributed by atoms with E-state index in [1.807, 2.05) is 0 Å². The van der Waals surface area contributed by atoms with Crippen molar-refractivity contribution in [2.24, 2.45) is 0 Å². The van der Waals surface area contributed by atoms with E-state index in [2.05, 4.69) is 5.32 Å². The van der Waals surface area contributed by atoms with Crippen molar-refractivity contribution in [1.29, 1.82) is 0 Å². The highest BCUT2D eigenvalue weighted by atomic mass is 16.5. The number of carbonyl (C=O) groups excluding carboxylic acids is 1. The first-order valence-electron chi connectivity index (χ1n) is 4.66. The Kier molecular flexibility index (Phi) is 4.08. The number of rotatable bonds is 3. The molecule has 0 aromatic carbocycles. The fourth-order valence-corrected chi connectivity index (χ4v) is 1.52. The molecule has 1 rings (SSSR count). The maximum Gasteiger partial charge on any atom is 0.302 e. The molecule has 1 heterocycles. The molecule has 3 nitrogen and oxygen atoms in total. The number of piperidine rings is 1. The van der Waals surface area contributed by atoms with E-state index in [0.717, 1.165) is 13.0 Å². The van der Waals surface area contributed by atoms with Gasteiger partial charge in [-0.1, -0.05) is 6.42 Å². The van der Waals surface area contributed by atoms with Crippen LogP contribution >= 0.6 is 0 Å². The summed E-state index contributed by atoms with van der Waals surface area (Å²) in [5, 5.41) is 3.40. The molecular weight excluding hydrogens is 154 g/mol. The van der Waals surface area contributed by atoms with E-state index in [9.17, 15) is 4.79 Å². The Morgan fingerprint density at radius 1 is 1.58 bits per heavy atom. The van der Waals surface area contributed by atoms with Crippen LogP contribution in [0.1, 0.15) is 32.6 Å². The molecule has 0 aromatic heterocycles. The minimum absolute atomic E-state index is 0.175. The number of ether oxygens (including phenoxy) is 1. The monoisotopic (exact) mass is 171 g/mol. The number of hydrogen-bond donors (Lipinski definition) is 1. The van der Waals surface area contributed by atoms with Gasteiger partial charge in [-0.3, -0.25) is 4.79 Å². The summed E-state index contributed by atoms with van der Waals surface area (Å²) >= 11 is 0. The van der Waals surface area contributed by atoms with Gasteiger partial charge in [-0.25, -0.2) is 0 Å². The van der Waals surface area contributed by atoms with E-state index >= 15 is 0 Å². The van der Waals surface area contributed by atoms with E-state index < -0.39 is 0 Å². The van der Waals surface area contributed by atoms with Crippen LogP contribution in [0.5, 0.6) is 0 Å². The summed E-state index contributed by atoms with van der Waals surface area (Å²) in [6, 6.07) is 0.568. The zero-order valence-corrected chi connectivity index (χ0v) is 7.64. The van der Waals surface area contributed by atoms with Gasteiger partial charge in [0.05, 0.1) is 6.61 Å². The highest BCUT2D eigenvalue weighted by Crippen LogP contribution is 2.09. The lowest BCUT2D eigenvalue weighted by molar-refractivity contribution is -0.141. The smallest absolute Gasteiger partial charge is 0.302 e. The Balaban J connectivity index is 2.01. The second kappa shape index (κ2) is 5.14. The van der Waals surface area contributed by atoms with Crippen LogP contribution in [0.4, 0.5) is 0 Å². The molecule has 0 amide bonds. The summed E-state index contributed by atoms with van der Waals surface area (Å²) in [6.45, 7) is 3.13. The topological polar surface area (TPSA) is 38.3 Å². The van der Waals surface area contributed by atoms with Gasteiger partial charge >= 0.3 is 5.97 Å². The van der Waals surface area contributed by atoms with Crippen LogP contribution in [0.3, 0.4) is 0 Å². The second-order valence-electron chi connectivity index (χ2n) is 3.28. The Morgan fingerprint density at radius 2 is 2.42 bits per heavy atom. The van der Waals surface area contributed by atoms with Crippen LogP contribution in [-0.4, -0.2) is 25.2 Å². The molecule has 1 atom stereocenters. The van der Waals surface area contributed by atoms with Crippen LogP contribution < -0.4 is 5.32 Å². The maximum atomic E-state index is 10.4. The van der Waals surface area contributed by atoms with E-state index in [4.69, 9.17) is 4.74 Å². The summed E-state index contributed by atoms with van der Waals surface area (Å²) in [7, 11) is 0. The van der Waals surface area contributed by atoms with Crippen molar-refractivity contribution in [2.75, 3.05) is 13.2 Å². The maximum absolute atomic E-state index is 10.4. The lowest BCUT2D eigenvalue weighted by Gasteiger charge is -2.22.